The lowest BCUT2D eigenvalue weighted by Gasteiger charge is -2.36. The SMILES string of the molecule is Cc1cc(N2CCN(C)CC2)nc(N2CCN(C(=O)c3cccc([N+](=O)[O-])c3)CC2)n1. The standard InChI is InChI=1S/C21H27N7O3/c1-16-14-19(25-8-6-24(2)7-9-25)23-21(22-16)27-12-10-26(11-13-27)20(29)17-4-3-5-18(15-17)28(30)31/h3-5,14-15H,6-13H2,1-2H3. The number of nitro benzene ring substituents is 1. The number of anilines is 2. The molecule has 1 amide bonds. The van der Waals surface area contributed by atoms with E-state index < -0.39 is 4.92 Å². The van der Waals surface area contributed by atoms with Crippen LogP contribution in [-0.2, 0) is 0 Å². The van der Waals surface area contributed by atoms with Crippen LogP contribution >= 0.6 is 0 Å². The summed E-state index contributed by atoms with van der Waals surface area (Å²) < 4.78 is 0. The van der Waals surface area contributed by atoms with Gasteiger partial charge in [-0.05, 0) is 20.0 Å². The largest absolute Gasteiger partial charge is 0.354 e. The summed E-state index contributed by atoms with van der Waals surface area (Å²) in [4.78, 5) is 41.2. The topological polar surface area (TPSA) is 99.0 Å². The van der Waals surface area contributed by atoms with Gasteiger partial charge in [0.2, 0.25) is 5.95 Å². The monoisotopic (exact) mass is 425 g/mol. The first-order chi connectivity index (χ1) is 14.9. The van der Waals surface area contributed by atoms with Crippen LogP contribution in [0.15, 0.2) is 30.3 Å². The molecule has 0 N–H and O–H groups in total. The average Bonchev–Trinajstić information content (AvgIpc) is 2.79. The molecule has 2 fully saturated rings. The predicted molar refractivity (Wildman–Crippen MR) is 118 cm³/mol. The number of rotatable bonds is 4. The summed E-state index contributed by atoms with van der Waals surface area (Å²) in [6, 6.07) is 7.91. The molecule has 1 aromatic heterocycles. The minimum atomic E-state index is -0.484. The van der Waals surface area contributed by atoms with Gasteiger partial charge in [0.1, 0.15) is 5.82 Å². The Labute approximate surface area is 181 Å². The minimum Gasteiger partial charge on any atom is -0.354 e. The molecule has 2 aliphatic rings. The third-order valence-corrected chi connectivity index (χ3v) is 5.81. The lowest BCUT2D eigenvalue weighted by atomic mass is 10.1. The molecule has 0 unspecified atom stereocenters. The van der Waals surface area contributed by atoms with E-state index in [1.54, 1.807) is 17.0 Å². The smallest absolute Gasteiger partial charge is 0.270 e. The Morgan fingerprint density at radius 2 is 1.65 bits per heavy atom. The second kappa shape index (κ2) is 8.84. The Hall–Kier alpha value is -3.27. The Morgan fingerprint density at radius 1 is 0.968 bits per heavy atom. The molecule has 3 heterocycles. The fourth-order valence-electron chi connectivity index (χ4n) is 3.92. The van der Waals surface area contributed by atoms with Crippen molar-refractivity contribution in [3.05, 3.63) is 51.7 Å². The van der Waals surface area contributed by atoms with E-state index in [2.05, 4.69) is 26.7 Å². The van der Waals surface area contributed by atoms with Gasteiger partial charge in [-0.15, -0.1) is 0 Å². The van der Waals surface area contributed by atoms with Gasteiger partial charge in [0, 0.05) is 81.8 Å². The van der Waals surface area contributed by atoms with Crippen molar-refractivity contribution in [2.75, 3.05) is 69.2 Å². The Kier molecular flexibility index (Phi) is 5.99. The Balaban J connectivity index is 1.42. The van der Waals surface area contributed by atoms with Crippen molar-refractivity contribution in [1.82, 2.24) is 19.8 Å². The summed E-state index contributed by atoms with van der Waals surface area (Å²) in [6.45, 7) is 8.15. The van der Waals surface area contributed by atoms with Gasteiger partial charge in [0.05, 0.1) is 4.92 Å². The lowest BCUT2D eigenvalue weighted by Crippen LogP contribution is -2.49. The van der Waals surface area contributed by atoms with Crippen LogP contribution in [0, 0.1) is 17.0 Å². The summed E-state index contributed by atoms with van der Waals surface area (Å²) in [5.74, 6) is 1.45. The molecule has 2 saturated heterocycles. The van der Waals surface area contributed by atoms with Crippen LogP contribution in [0.4, 0.5) is 17.5 Å². The van der Waals surface area contributed by atoms with Gasteiger partial charge in [0.15, 0.2) is 0 Å². The number of likely N-dealkylation sites (N-methyl/N-ethyl adjacent to an activating group) is 1. The number of non-ortho nitro benzene ring substituents is 1. The second-order valence-corrected chi connectivity index (χ2v) is 8.04. The van der Waals surface area contributed by atoms with Gasteiger partial charge in [-0.3, -0.25) is 14.9 Å². The van der Waals surface area contributed by atoms with Crippen LogP contribution in [0.2, 0.25) is 0 Å². The van der Waals surface area contributed by atoms with Gasteiger partial charge >= 0.3 is 0 Å². The summed E-state index contributed by atoms with van der Waals surface area (Å²) in [5.41, 5.74) is 1.19. The highest BCUT2D eigenvalue weighted by atomic mass is 16.6. The molecule has 31 heavy (non-hydrogen) atoms. The Bertz CT molecular complexity index is 967. The van der Waals surface area contributed by atoms with Crippen molar-refractivity contribution in [2.45, 2.75) is 6.92 Å². The number of carbonyl (C=O) groups excluding carboxylic acids is 1. The van der Waals surface area contributed by atoms with E-state index in [1.807, 2.05) is 13.0 Å². The maximum absolute atomic E-state index is 12.8. The van der Waals surface area contributed by atoms with Crippen LogP contribution < -0.4 is 9.80 Å². The van der Waals surface area contributed by atoms with Crippen molar-refractivity contribution < 1.29 is 9.72 Å². The van der Waals surface area contributed by atoms with E-state index in [4.69, 9.17) is 4.98 Å². The zero-order valence-electron chi connectivity index (χ0n) is 17.9. The van der Waals surface area contributed by atoms with Gasteiger partial charge in [0.25, 0.3) is 11.6 Å². The van der Waals surface area contributed by atoms with E-state index in [0.29, 0.717) is 37.7 Å². The van der Waals surface area contributed by atoms with Crippen LogP contribution in [0.25, 0.3) is 0 Å². The first kappa shape index (κ1) is 21.0. The average molecular weight is 425 g/mol. The number of amides is 1. The minimum absolute atomic E-state index is 0.0749. The first-order valence-corrected chi connectivity index (χ1v) is 10.5. The van der Waals surface area contributed by atoms with Gasteiger partial charge in [-0.1, -0.05) is 6.07 Å². The van der Waals surface area contributed by atoms with Crippen molar-refractivity contribution in [2.24, 2.45) is 0 Å². The lowest BCUT2D eigenvalue weighted by molar-refractivity contribution is -0.384. The molecule has 0 aliphatic carbocycles. The van der Waals surface area contributed by atoms with Gasteiger partial charge in [-0.2, -0.15) is 4.98 Å². The van der Waals surface area contributed by atoms with Crippen LogP contribution in [-0.4, -0.2) is 90.0 Å². The number of benzene rings is 1. The molecular formula is C21H27N7O3. The van der Waals surface area contributed by atoms with E-state index in [0.717, 1.165) is 37.7 Å². The maximum atomic E-state index is 12.8. The summed E-state index contributed by atoms with van der Waals surface area (Å²) in [5, 5.41) is 11.0. The molecule has 0 atom stereocenters. The third kappa shape index (κ3) is 4.74. The van der Waals surface area contributed by atoms with Crippen molar-refractivity contribution in [1.29, 1.82) is 0 Å². The number of hydrogen-bond acceptors (Lipinski definition) is 8. The number of piperazine rings is 2. The molecule has 1 aromatic carbocycles. The van der Waals surface area contributed by atoms with E-state index in [-0.39, 0.29) is 11.6 Å². The molecule has 4 rings (SSSR count). The molecule has 0 bridgehead atoms. The van der Waals surface area contributed by atoms with E-state index in [1.165, 1.54) is 12.1 Å². The molecule has 10 nitrogen and oxygen atoms in total. The highest BCUT2D eigenvalue weighted by molar-refractivity contribution is 5.95. The highest BCUT2D eigenvalue weighted by Crippen LogP contribution is 2.21. The molecular weight excluding hydrogens is 398 g/mol. The molecule has 0 spiro atoms. The summed E-state index contributed by atoms with van der Waals surface area (Å²) >= 11 is 0. The third-order valence-electron chi connectivity index (χ3n) is 5.81. The van der Waals surface area contributed by atoms with Gasteiger partial charge < -0.3 is 19.6 Å². The molecule has 10 heteroatoms. The summed E-state index contributed by atoms with van der Waals surface area (Å²) in [7, 11) is 2.13. The number of aromatic nitrogens is 2. The maximum Gasteiger partial charge on any atom is 0.270 e. The number of carbonyl (C=O) groups is 1. The number of nitro groups is 1. The van der Waals surface area contributed by atoms with Crippen LogP contribution in [0.3, 0.4) is 0 Å². The van der Waals surface area contributed by atoms with E-state index >= 15 is 0 Å². The zero-order valence-corrected chi connectivity index (χ0v) is 17.9. The molecule has 164 valence electrons. The van der Waals surface area contributed by atoms with E-state index in [9.17, 15) is 14.9 Å². The van der Waals surface area contributed by atoms with Crippen LogP contribution in [0.1, 0.15) is 16.1 Å². The molecule has 0 radical (unpaired) electrons. The van der Waals surface area contributed by atoms with Crippen molar-refractivity contribution in [3.63, 3.8) is 0 Å². The normalized spacial score (nSPS) is 17.7. The van der Waals surface area contributed by atoms with Gasteiger partial charge in [-0.25, -0.2) is 4.98 Å². The van der Waals surface area contributed by atoms with Crippen molar-refractivity contribution >= 4 is 23.4 Å². The molecule has 2 aliphatic heterocycles. The van der Waals surface area contributed by atoms with Crippen molar-refractivity contribution in [3.8, 4) is 0 Å². The second-order valence-electron chi connectivity index (χ2n) is 8.04. The Morgan fingerprint density at radius 3 is 2.32 bits per heavy atom. The highest BCUT2D eigenvalue weighted by Gasteiger charge is 2.25. The predicted octanol–water partition coefficient (Wildman–Crippen LogP) is 1.41. The first-order valence-electron chi connectivity index (χ1n) is 10.5. The molecule has 2 aromatic rings. The fourth-order valence-corrected chi connectivity index (χ4v) is 3.92. The zero-order chi connectivity index (χ0) is 22.0. The quantitative estimate of drug-likeness (QED) is 0.536. The number of hydrogen-bond donors (Lipinski definition) is 0. The number of nitrogens with zero attached hydrogens (tertiary/aromatic N) is 7. The fraction of sp³-hybridized carbons (Fsp3) is 0.476. The van der Waals surface area contributed by atoms with Crippen LogP contribution in [0.5, 0.6) is 0 Å². The summed E-state index contributed by atoms with van der Waals surface area (Å²) in [6.07, 6.45) is 0. The number of aryl methyl sites for hydroxylation is 1. The molecule has 0 saturated carbocycles.